The quantitative estimate of drug-likeness (QED) is 0.604. The summed E-state index contributed by atoms with van der Waals surface area (Å²) in [5.74, 6) is -0.683. The maximum atomic E-state index is 11.2. The Kier molecular flexibility index (Phi) is 3.85. The largest absolute Gasteiger partial charge is 0.354 e. The molecular weight excluding hydrogens is 208 g/mol. The Bertz CT molecular complexity index is 295. The van der Waals surface area contributed by atoms with Gasteiger partial charge >= 0.3 is 5.97 Å². The van der Waals surface area contributed by atoms with Crippen LogP contribution in [0, 0.1) is 0 Å². The van der Waals surface area contributed by atoms with Gasteiger partial charge in [-0.1, -0.05) is 0 Å². The van der Waals surface area contributed by atoms with Gasteiger partial charge in [-0.2, -0.15) is 0 Å². The van der Waals surface area contributed by atoms with E-state index in [1.165, 1.54) is 6.92 Å². The molecule has 1 aliphatic heterocycles. The Balaban J connectivity index is 2.34. The van der Waals surface area contributed by atoms with E-state index in [4.69, 9.17) is 0 Å². The summed E-state index contributed by atoms with van der Waals surface area (Å²) in [5.41, 5.74) is 0. The Hall–Kier alpha value is -0.660. The molecule has 0 aliphatic carbocycles. The van der Waals surface area contributed by atoms with Crippen LogP contribution in [0.15, 0.2) is 0 Å². The molecule has 1 heterocycles. The van der Waals surface area contributed by atoms with Crippen LogP contribution in [0.2, 0.25) is 0 Å². The van der Waals surface area contributed by atoms with Crippen LogP contribution >= 0.6 is 0 Å². The summed E-state index contributed by atoms with van der Waals surface area (Å²) in [6.45, 7) is 2.23. The molecule has 1 fully saturated rings. The van der Waals surface area contributed by atoms with Crippen molar-refractivity contribution in [3.05, 3.63) is 0 Å². The minimum Gasteiger partial charge on any atom is -0.354 e. The fourth-order valence-electron chi connectivity index (χ4n) is 1.12. The van der Waals surface area contributed by atoms with E-state index in [9.17, 15) is 13.2 Å². The van der Waals surface area contributed by atoms with Crippen molar-refractivity contribution in [1.82, 2.24) is 10.2 Å². The predicted molar refractivity (Wildman–Crippen MR) is 49.7 cm³/mol. The number of sulfonamides is 1. The van der Waals surface area contributed by atoms with Gasteiger partial charge in [0.1, 0.15) is 6.04 Å². The molecule has 0 bridgehead atoms. The molecule has 1 atom stereocenters. The molecule has 1 aliphatic rings. The molecule has 0 amide bonds. The fourth-order valence-corrected chi connectivity index (χ4v) is 1.45. The van der Waals surface area contributed by atoms with Crippen molar-refractivity contribution < 1.29 is 18.0 Å². The highest BCUT2D eigenvalue weighted by Gasteiger charge is 2.24. The van der Waals surface area contributed by atoms with E-state index < -0.39 is 16.0 Å². The number of hydrogen-bond acceptors (Lipinski definition) is 5. The van der Waals surface area contributed by atoms with Crippen molar-refractivity contribution in [2.24, 2.45) is 0 Å². The van der Waals surface area contributed by atoms with Gasteiger partial charge in [0.05, 0.1) is 5.75 Å². The predicted octanol–water partition coefficient (Wildman–Crippen LogP) is -0.864. The van der Waals surface area contributed by atoms with E-state index in [0.717, 1.165) is 13.0 Å². The van der Waals surface area contributed by atoms with E-state index in [1.807, 2.05) is 0 Å². The standard InChI is InChI=1S/C7H14N2O4S/c1-2-14(11,12)9-13-7(10)6-4-3-5-8-6/h6,8-9H,2-5H2,1H3/t6-/m0/s1. The second kappa shape index (κ2) is 4.72. The SMILES string of the molecule is CCS(=O)(=O)NOC(=O)[C@@H]1CCCN1. The molecule has 0 aromatic carbocycles. The molecule has 14 heavy (non-hydrogen) atoms. The molecule has 0 aromatic rings. The lowest BCUT2D eigenvalue weighted by Gasteiger charge is -2.09. The number of carbonyl (C=O) groups excluding carboxylic acids is 1. The first kappa shape index (κ1) is 11.4. The first-order chi connectivity index (χ1) is 6.55. The van der Waals surface area contributed by atoms with Crippen molar-refractivity contribution in [2.45, 2.75) is 25.8 Å². The lowest BCUT2D eigenvalue weighted by molar-refractivity contribution is -0.149. The molecule has 0 unspecified atom stereocenters. The van der Waals surface area contributed by atoms with Crippen molar-refractivity contribution in [2.75, 3.05) is 12.3 Å². The minimum atomic E-state index is -3.46. The van der Waals surface area contributed by atoms with Gasteiger partial charge in [-0.25, -0.2) is 13.2 Å². The summed E-state index contributed by atoms with van der Waals surface area (Å²) in [6.07, 6.45) is 1.59. The minimum absolute atomic E-state index is 0.113. The van der Waals surface area contributed by atoms with Crippen LogP contribution in [0.4, 0.5) is 0 Å². The van der Waals surface area contributed by atoms with Gasteiger partial charge < -0.3 is 10.2 Å². The van der Waals surface area contributed by atoms with Crippen molar-refractivity contribution in [3.63, 3.8) is 0 Å². The monoisotopic (exact) mass is 222 g/mol. The van der Waals surface area contributed by atoms with Crippen LogP contribution in [0.3, 0.4) is 0 Å². The van der Waals surface area contributed by atoms with Gasteiger partial charge in [-0.3, -0.25) is 0 Å². The van der Waals surface area contributed by atoms with Crippen molar-refractivity contribution in [1.29, 1.82) is 0 Å². The van der Waals surface area contributed by atoms with Crippen LogP contribution in [-0.4, -0.2) is 32.7 Å². The molecule has 82 valence electrons. The zero-order valence-corrected chi connectivity index (χ0v) is 8.76. The van der Waals surface area contributed by atoms with Gasteiger partial charge in [-0.15, -0.1) is 0 Å². The first-order valence-electron chi connectivity index (χ1n) is 4.48. The fraction of sp³-hybridized carbons (Fsp3) is 0.857. The summed E-state index contributed by atoms with van der Waals surface area (Å²) >= 11 is 0. The third-order valence-electron chi connectivity index (χ3n) is 1.99. The summed E-state index contributed by atoms with van der Waals surface area (Å²) < 4.78 is 21.8. The Labute approximate surface area is 83.0 Å². The average Bonchev–Trinajstić information content (AvgIpc) is 2.67. The van der Waals surface area contributed by atoms with Gasteiger partial charge in [0.15, 0.2) is 0 Å². The molecule has 0 saturated carbocycles. The summed E-state index contributed by atoms with van der Waals surface area (Å²) in [7, 11) is -3.46. The molecule has 1 saturated heterocycles. The summed E-state index contributed by atoms with van der Waals surface area (Å²) in [5, 5.41) is 2.90. The first-order valence-corrected chi connectivity index (χ1v) is 6.14. The van der Waals surface area contributed by atoms with E-state index in [1.54, 1.807) is 4.89 Å². The third kappa shape index (κ3) is 3.24. The molecule has 0 radical (unpaired) electrons. The van der Waals surface area contributed by atoms with Crippen LogP contribution in [-0.2, 0) is 19.7 Å². The maximum absolute atomic E-state index is 11.2. The number of nitrogens with one attached hydrogen (secondary N) is 2. The normalized spacial score (nSPS) is 22.2. The second-order valence-electron chi connectivity index (χ2n) is 3.06. The van der Waals surface area contributed by atoms with Gasteiger partial charge in [0, 0.05) is 0 Å². The van der Waals surface area contributed by atoms with Gasteiger partial charge in [0.2, 0.25) is 10.0 Å². The van der Waals surface area contributed by atoms with Crippen LogP contribution in [0.25, 0.3) is 0 Å². The lowest BCUT2D eigenvalue weighted by atomic mass is 10.2. The van der Waals surface area contributed by atoms with E-state index in [2.05, 4.69) is 10.2 Å². The molecule has 6 nitrogen and oxygen atoms in total. The van der Waals surface area contributed by atoms with Crippen LogP contribution in [0.5, 0.6) is 0 Å². The average molecular weight is 222 g/mol. The number of carbonyl (C=O) groups is 1. The molecular formula is C7H14N2O4S. The molecule has 0 spiro atoms. The molecule has 0 aromatic heterocycles. The molecule has 2 N–H and O–H groups in total. The Morgan fingerprint density at radius 2 is 2.36 bits per heavy atom. The molecule has 1 rings (SSSR count). The van der Waals surface area contributed by atoms with E-state index >= 15 is 0 Å². The summed E-state index contributed by atoms with van der Waals surface area (Å²) in [6, 6.07) is -0.380. The van der Waals surface area contributed by atoms with Gasteiger partial charge in [-0.05, 0) is 31.2 Å². The Morgan fingerprint density at radius 1 is 1.64 bits per heavy atom. The molecule has 7 heteroatoms. The zero-order valence-electron chi connectivity index (χ0n) is 7.95. The maximum Gasteiger partial charge on any atom is 0.342 e. The van der Waals surface area contributed by atoms with E-state index in [-0.39, 0.29) is 11.8 Å². The van der Waals surface area contributed by atoms with Crippen molar-refractivity contribution >= 4 is 16.0 Å². The number of rotatable bonds is 4. The zero-order chi connectivity index (χ0) is 10.6. The number of hydrogen-bond donors (Lipinski definition) is 2. The second-order valence-corrected chi connectivity index (χ2v) is 5.03. The lowest BCUT2D eigenvalue weighted by Crippen LogP contribution is -2.38. The van der Waals surface area contributed by atoms with Gasteiger partial charge in [0.25, 0.3) is 0 Å². The Morgan fingerprint density at radius 3 is 2.86 bits per heavy atom. The smallest absolute Gasteiger partial charge is 0.342 e. The highest BCUT2D eigenvalue weighted by atomic mass is 32.2. The topological polar surface area (TPSA) is 84.5 Å². The van der Waals surface area contributed by atoms with Crippen molar-refractivity contribution in [3.8, 4) is 0 Å². The van der Waals surface area contributed by atoms with Crippen LogP contribution < -0.4 is 10.2 Å². The van der Waals surface area contributed by atoms with Crippen LogP contribution in [0.1, 0.15) is 19.8 Å². The highest BCUT2D eigenvalue weighted by molar-refractivity contribution is 7.89. The highest BCUT2D eigenvalue weighted by Crippen LogP contribution is 2.05. The summed E-state index contributed by atoms with van der Waals surface area (Å²) in [4.78, 5) is 17.4. The third-order valence-corrected chi connectivity index (χ3v) is 3.09. The van der Waals surface area contributed by atoms with E-state index in [0.29, 0.717) is 6.42 Å².